The van der Waals surface area contributed by atoms with Crippen molar-refractivity contribution in [3.8, 4) is 5.75 Å². The predicted molar refractivity (Wildman–Crippen MR) is 78.9 cm³/mol. The number of carbonyl (C=O) groups excluding carboxylic acids is 1. The van der Waals surface area contributed by atoms with Gasteiger partial charge in [-0.1, -0.05) is 19.9 Å². The van der Waals surface area contributed by atoms with Crippen LogP contribution in [0.25, 0.3) is 0 Å². The van der Waals surface area contributed by atoms with Crippen LogP contribution in [-0.4, -0.2) is 19.6 Å². The van der Waals surface area contributed by atoms with Gasteiger partial charge in [0.05, 0.1) is 7.11 Å². The minimum Gasteiger partial charge on any atom is -0.496 e. The third-order valence-corrected chi connectivity index (χ3v) is 3.74. The molecule has 1 rings (SSSR count). The SMILES string of the molecule is COc1c(C)cc(C(C)(C)CNC(C)=O)c(C)c1C. The van der Waals surface area contributed by atoms with Crippen molar-refractivity contribution in [1.29, 1.82) is 0 Å². The Labute approximate surface area is 116 Å². The van der Waals surface area contributed by atoms with Crippen LogP contribution in [0, 0.1) is 20.8 Å². The molecule has 1 aromatic carbocycles. The highest BCUT2D eigenvalue weighted by molar-refractivity contribution is 5.73. The number of ether oxygens (including phenoxy) is 1. The van der Waals surface area contributed by atoms with Crippen LogP contribution in [0.3, 0.4) is 0 Å². The lowest BCUT2D eigenvalue weighted by Crippen LogP contribution is -2.36. The first kappa shape index (κ1) is 15.5. The number of nitrogens with one attached hydrogen (secondary N) is 1. The first-order chi connectivity index (χ1) is 8.70. The minimum absolute atomic E-state index is 0.00711. The lowest BCUT2D eigenvalue weighted by atomic mass is 9.79. The average molecular weight is 263 g/mol. The largest absolute Gasteiger partial charge is 0.496 e. The molecule has 3 nitrogen and oxygen atoms in total. The molecule has 0 fully saturated rings. The quantitative estimate of drug-likeness (QED) is 0.906. The van der Waals surface area contributed by atoms with Gasteiger partial charge in [0, 0.05) is 18.9 Å². The smallest absolute Gasteiger partial charge is 0.216 e. The zero-order valence-electron chi connectivity index (χ0n) is 13.1. The molecular weight excluding hydrogens is 238 g/mol. The van der Waals surface area contributed by atoms with Crippen LogP contribution in [0.2, 0.25) is 0 Å². The van der Waals surface area contributed by atoms with Crippen molar-refractivity contribution in [2.45, 2.75) is 47.0 Å². The maximum atomic E-state index is 11.1. The number of rotatable bonds is 4. The Morgan fingerprint density at radius 1 is 1.26 bits per heavy atom. The maximum Gasteiger partial charge on any atom is 0.216 e. The molecule has 1 amide bonds. The van der Waals surface area contributed by atoms with E-state index in [-0.39, 0.29) is 11.3 Å². The lowest BCUT2D eigenvalue weighted by molar-refractivity contribution is -0.119. The molecule has 0 aromatic heterocycles. The minimum atomic E-state index is -0.0997. The van der Waals surface area contributed by atoms with Gasteiger partial charge in [-0.3, -0.25) is 4.79 Å². The highest BCUT2D eigenvalue weighted by Gasteiger charge is 2.25. The summed E-state index contributed by atoms with van der Waals surface area (Å²) in [5.41, 5.74) is 4.71. The van der Waals surface area contributed by atoms with Crippen molar-refractivity contribution >= 4 is 5.91 Å². The number of carbonyl (C=O) groups is 1. The zero-order chi connectivity index (χ0) is 14.8. The summed E-state index contributed by atoms with van der Waals surface area (Å²) < 4.78 is 5.45. The molecular formula is C16H25NO2. The van der Waals surface area contributed by atoms with E-state index in [4.69, 9.17) is 4.74 Å². The van der Waals surface area contributed by atoms with Crippen LogP contribution in [0.4, 0.5) is 0 Å². The van der Waals surface area contributed by atoms with Gasteiger partial charge in [-0.05, 0) is 43.0 Å². The van der Waals surface area contributed by atoms with Gasteiger partial charge in [0.2, 0.25) is 5.91 Å². The Bertz CT molecular complexity index is 490. The van der Waals surface area contributed by atoms with Crippen LogP contribution in [0.5, 0.6) is 5.75 Å². The van der Waals surface area contributed by atoms with E-state index in [1.807, 2.05) is 0 Å². The molecule has 3 heteroatoms. The molecule has 0 bridgehead atoms. The number of aryl methyl sites for hydroxylation is 1. The molecule has 0 radical (unpaired) electrons. The highest BCUT2D eigenvalue weighted by Crippen LogP contribution is 2.34. The summed E-state index contributed by atoms with van der Waals surface area (Å²) in [7, 11) is 1.71. The van der Waals surface area contributed by atoms with Gasteiger partial charge in [-0.15, -0.1) is 0 Å². The van der Waals surface area contributed by atoms with E-state index in [1.54, 1.807) is 14.0 Å². The summed E-state index contributed by atoms with van der Waals surface area (Å²) in [6, 6.07) is 2.17. The molecule has 0 aliphatic carbocycles. The summed E-state index contributed by atoms with van der Waals surface area (Å²) >= 11 is 0. The van der Waals surface area contributed by atoms with Crippen molar-refractivity contribution in [2.24, 2.45) is 0 Å². The van der Waals surface area contributed by atoms with Crippen molar-refractivity contribution in [2.75, 3.05) is 13.7 Å². The summed E-state index contributed by atoms with van der Waals surface area (Å²) in [5, 5.41) is 2.91. The molecule has 0 atom stereocenters. The zero-order valence-corrected chi connectivity index (χ0v) is 13.1. The predicted octanol–water partition coefficient (Wildman–Crippen LogP) is 3.03. The Morgan fingerprint density at radius 3 is 2.32 bits per heavy atom. The lowest BCUT2D eigenvalue weighted by Gasteiger charge is -2.29. The molecule has 106 valence electrons. The second kappa shape index (κ2) is 5.64. The van der Waals surface area contributed by atoms with Crippen LogP contribution in [0.15, 0.2) is 6.07 Å². The van der Waals surface area contributed by atoms with E-state index < -0.39 is 0 Å². The summed E-state index contributed by atoms with van der Waals surface area (Å²) in [6.07, 6.45) is 0. The van der Waals surface area contributed by atoms with Crippen molar-refractivity contribution in [1.82, 2.24) is 5.32 Å². The Morgan fingerprint density at radius 2 is 1.84 bits per heavy atom. The molecule has 0 aliphatic rings. The normalized spacial score (nSPS) is 11.3. The fourth-order valence-electron chi connectivity index (χ4n) is 2.52. The molecule has 0 spiro atoms. The maximum absolute atomic E-state index is 11.1. The fraction of sp³-hybridized carbons (Fsp3) is 0.562. The van der Waals surface area contributed by atoms with Gasteiger partial charge in [0.15, 0.2) is 0 Å². The van der Waals surface area contributed by atoms with Gasteiger partial charge in [0.1, 0.15) is 5.75 Å². The van der Waals surface area contributed by atoms with Crippen LogP contribution >= 0.6 is 0 Å². The standard InChI is InChI=1S/C16H25NO2/c1-10-8-14(11(2)12(3)15(10)19-7)16(5,6)9-17-13(4)18/h8H,9H2,1-7H3,(H,17,18). The van der Waals surface area contributed by atoms with Crippen LogP contribution < -0.4 is 10.1 Å². The number of hydrogen-bond acceptors (Lipinski definition) is 2. The van der Waals surface area contributed by atoms with Crippen molar-refractivity contribution < 1.29 is 9.53 Å². The van der Waals surface area contributed by atoms with Gasteiger partial charge in [0.25, 0.3) is 0 Å². The molecule has 1 aromatic rings. The first-order valence-corrected chi connectivity index (χ1v) is 6.60. The number of benzene rings is 1. The molecule has 0 aliphatic heterocycles. The number of methoxy groups -OCH3 is 1. The second-order valence-electron chi connectivity index (χ2n) is 5.82. The van der Waals surface area contributed by atoms with Gasteiger partial charge < -0.3 is 10.1 Å². The second-order valence-corrected chi connectivity index (χ2v) is 5.82. The first-order valence-electron chi connectivity index (χ1n) is 6.60. The molecule has 0 heterocycles. The molecule has 0 unspecified atom stereocenters. The van der Waals surface area contributed by atoms with E-state index in [0.717, 1.165) is 11.3 Å². The van der Waals surface area contributed by atoms with E-state index >= 15 is 0 Å². The summed E-state index contributed by atoms with van der Waals surface area (Å²) in [6.45, 7) is 12.7. The molecule has 0 saturated carbocycles. The third-order valence-electron chi connectivity index (χ3n) is 3.74. The molecule has 0 saturated heterocycles. The van der Waals surface area contributed by atoms with E-state index in [2.05, 4.69) is 46.0 Å². The number of amides is 1. The van der Waals surface area contributed by atoms with Crippen LogP contribution in [0.1, 0.15) is 43.0 Å². The van der Waals surface area contributed by atoms with E-state index in [1.165, 1.54) is 16.7 Å². The van der Waals surface area contributed by atoms with Gasteiger partial charge >= 0.3 is 0 Å². The van der Waals surface area contributed by atoms with E-state index in [9.17, 15) is 4.79 Å². The fourth-order valence-corrected chi connectivity index (χ4v) is 2.52. The topological polar surface area (TPSA) is 38.3 Å². The summed E-state index contributed by atoms with van der Waals surface area (Å²) in [5.74, 6) is 0.962. The van der Waals surface area contributed by atoms with Gasteiger partial charge in [-0.2, -0.15) is 0 Å². The Kier molecular flexibility index (Phi) is 4.61. The van der Waals surface area contributed by atoms with E-state index in [0.29, 0.717) is 6.54 Å². The molecule has 19 heavy (non-hydrogen) atoms. The average Bonchev–Trinajstić information content (AvgIpc) is 2.32. The Balaban J connectivity index is 3.23. The van der Waals surface area contributed by atoms with Crippen molar-refractivity contribution in [3.05, 3.63) is 28.3 Å². The van der Waals surface area contributed by atoms with Crippen molar-refractivity contribution in [3.63, 3.8) is 0 Å². The third kappa shape index (κ3) is 3.28. The highest BCUT2D eigenvalue weighted by atomic mass is 16.5. The van der Waals surface area contributed by atoms with Gasteiger partial charge in [-0.25, -0.2) is 0 Å². The summed E-state index contributed by atoms with van der Waals surface area (Å²) in [4.78, 5) is 11.1. The monoisotopic (exact) mass is 263 g/mol. The van der Waals surface area contributed by atoms with Crippen LogP contribution in [-0.2, 0) is 10.2 Å². The Hall–Kier alpha value is -1.51. The molecule has 1 N–H and O–H groups in total. The number of hydrogen-bond donors (Lipinski definition) is 1.